The van der Waals surface area contributed by atoms with Gasteiger partial charge < -0.3 is 10.1 Å². The zero-order valence-electron chi connectivity index (χ0n) is 9.98. The molecule has 0 atom stereocenters. The van der Waals surface area contributed by atoms with Crippen LogP contribution in [0.1, 0.15) is 6.92 Å². The van der Waals surface area contributed by atoms with E-state index in [-0.39, 0.29) is 11.5 Å². The van der Waals surface area contributed by atoms with Crippen LogP contribution in [-0.4, -0.2) is 29.7 Å². The minimum absolute atomic E-state index is 0.0655. The molecule has 0 unspecified atom stereocenters. The molecular formula is C11H14BrN3O3. The van der Waals surface area contributed by atoms with Gasteiger partial charge in [0.2, 0.25) is 5.82 Å². The summed E-state index contributed by atoms with van der Waals surface area (Å²) in [4.78, 5) is 14.3. The Morgan fingerprint density at radius 2 is 2.44 bits per heavy atom. The third kappa shape index (κ3) is 4.80. The molecular weight excluding hydrogens is 302 g/mol. The Balaban J connectivity index is 2.51. The number of aromatic nitrogens is 1. The molecule has 1 heterocycles. The van der Waals surface area contributed by atoms with Crippen molar-refractivity contribution in [1.29, 1.82) is 0 Å². The van der Waals surface area contributed by atoms with E-state index in [0.717, 1.165) is 5.57 Å². The molecule has 1 aromatic rings. The lowest BCUT2D eigenvalue weighted by atomic mass is 10.4. The lowest BCUT2D eigenvalue weighted by Gasteiger charge is -2.07. The van der Waals surface area contributed by atoms with Crippen LogP contribution in [0.5, 0.6) is 0 Å². The van der Waals surface area contributed by atoms with Crippen LogP contribution < -0.4 is 5.32 Å². The molecule has 18 heavy (non-hydrogen) atoms. The summed E-state index contributed by atoms with van der Waals surface area (Å²) in [5.41, 5.74) is 0.868. The van der Waals surface area contributed by atoms with Crippen molar-refractivity contribution in [3.63, 3.8) is 0 Å². The smallest absolute Gasteiger partial charge is 0.312 e. The van der Waals surface area contributed by atoms with Crippen molar-refractivity contribution < 1.29 is 9.66 Å². The monoisotopic (exact) mass is 315 g/mol. The summed E-state index contributed by atoms with van der Waals surface area (Å²) < 4.78 is 5.84. The normalized spacial score (nSPS) is 10.1. The highest BCUT2D eigenvalue weighted by atomic mass is 79.9. The number of anilines is 1. The first-order valence-electron chi connectivity index (χ1n) is 5.26. The second kappa shape index (κ2) is 7.07. The van der Waals surface area contributed by atoms with E-state index >= 15 is 0 Å². The molecule has 0 aliphatic heterocycles. The number of halogens is 1. The van der Waals surface area contributed by atoms with E-state index in [0.29, 0.717) is 24.2 Å². The third-order valence-electron chi connectivity index (χ3n) is 1.92. The summed E-state index contributed by atoms with van der Waals surface area (Å²) in [6.45, 7) is 6.94. The molecule has 1 N–H and O–H groups in total. The third-order valence-corrected chi connectivity index (χ3v) is 2.35. The van der Waals surface area contributed by atoms with Crippen molar-refractivity contribution in [3.8, 4) is 0 Å². The molecule has 0 aliphatic rings. The van der Waals surface area contributed by atoms with Crippen molar-refractivity contribution >= 4 is 27.4 Å². The molecule has 0 bridgehead atoms. The highest BCUT2D eigenvalue weighted by Crippen LogP contribution is 2.24. The largest absolute Gasteiger partial charge is 0.375 e. The minimum atomic E-state index is -0.477. The first-order chi connectivity index (χ1) is 8.50. The molecule has 0 saturated carbocycles. The lowest BCUT2D eigenvalue weighted by Crippen LogP contribution is -2.12. The minimum Gasteiger partial charge on any atom is -0.375 e. The van der Waals surface area contributed by atoms with Crippen LogP contribution in [0.2, 0.25) is 0 Å². The van der Waals surface area contributed by atoms with E-state index in [9.17, 15) is 10.1 Å². The predicted octanol–water partition coefficient (Wildman–Crippen LogP) is 2.76. The summed E-state index contributed by atoms with van der Waals surface area (Å²) >= 11 is 3.14. The van der Waals surface area contributed by atoms with Crippen LogP contribution in [0.4, 0.5) is 11.5 Å². The number of pyridine rings is 1. The van der Waals surface area contributed by atoms with Crippen molar-refractivity contribution in [2.75, 3.05) is 25.1 Å². The van der Waals surface area contributed by atoms with E-state index in [2.05, 4.69) is 32.8 Å². The van der Waals surface area contributed by atoms with Crippen molar-refractivity contribution in [2.24, 2.45) is 0 Å². The van der Waals surface area contributed by atoms with Gasteiger partial charge in [0.1, 0.15) is 0 Å². The fourth-order valence-electron chi connectivity index (χ4n) is 1.19. The highest BCUT2D eigenvalue weighted by molar-refractivity contribution is 9.10. The van der Waals surface area contributed by atoms with Gasteiger partial charge in [0.05, 0.1) is 18.1 Å². The Morgan fingerprint density at radius 1 is 1.72 bits per heavy atom. The van der Waals surface area contributed by atoms with E-state index in [4.69, 9.17) is 4.74 Å². The quantitative estimate of drug-likeness (QED) is 0.362. The summed E-state index contributed by atoms with van der Waals surface area (Å²) in [7, 11) is 0. The molecule has 0 aliphatic carbocycles. The van der Waals surface area contributed by atoms with Crippen LogP contribution >= 0.6 is 15.9 Å². The van der Waals surface area contributed by atoms with Gasteiger partial charge in [-0.15, -0.1) is 0 Å². The van der Waals surface area contributed by atoms with Gasteiger partial charge in [0.25, 0.3) is 0 Å². The number of hydrogen-bond donors (Lipinski definition) is 1. The van der Waals surface area contributed by atoms with Gasteiger partial charge in [-0.05, 0) is 22.9 Å². The fraction of sp³-hybridized carbons (Fsp3) is 0.364. The van der Waals surface area contributed by atoms with Gasteiger partial charge in [-0.25, -0.2) is 4.98 Å². The number of nitrogens with zero attached hydrogens (tertiary/aromatic N) is 2. The van der Waals surface area contributed by atoms with Crippen LogP contribution in [0.15, 0.2) is 28.9 Å². The maximum Gasteiger partial charge on any atom is 0.312 e. The molecule has 0 saturated heterocycles. The van der Waals surface area contributed by atoms with Gasteiger partial charge >= 0.3 is 5.69 Å². The number of ether oxygens (including phenoxy) is 1. The van der Waals surface area contributed by atoms with Gasteiger partial charge in [0.15, 0.2) is 0 Å². The topological polar surface area (TPSA) is 77.3 Å². The number of rotatable bonds is 7. The second-order valence-corrected chi connectivity index (χ2v) is 4.63. The van der Waals surface area contributed by atoms with Gasteiger partial charge in [-0.3, -0.25) is 10.1 Å². The standard InChI is InChI=1S/C11H14BrN3O3/c1-8(2)7-18-4-3-13-11-10(15(16)17)5-9(12)6-14-11/h5-6H,1,3-4,7H2,2H3,(H,13,14). The molecule has 0 aromatic carbocycles. The molecule has 1 rings (SSSR count). The summed E-state index contributed by atoms with van der Waals surface area (Å²) in [6, 6.07) is 1.41. The van der Waals surface area contributed by atoms with Crippen molar-refractivity contribution in [3.05, 3.63) is 39.0 Å². The van der Waals surface area contributed by atoms with Crippen molar-refractivity contribution in [1.82, 2.24) is 4.98 Å². The van der Waals surface area contributed by atoms with E-state index in [1.807, 2.05) is 6.92 Å². The molecule has 0 spiro atoms. The van der Waals surface area contributed by atoms with E-state index in [1.54, 1.807) is 0 Å². The average molecular weight is 316 g/mol. The molecule has 1 aromatic heterocycles. The Bertz CT molecular complexity index is 451. The molecule has 98 valence electrons. The second-order valence-electron chi connectivity index (χ2n) is 3.71. The lowest BCUT2D eigenvalue weighted by molar-refractivity contribution is -0.384. The van der Waals surface area contributed by atoms with E-state index in [1.165, 1.54) is 12.3 Å². The Morgan fingerprint density at radius 3 is 3.06 bits per heavy atom. The molecule has 0 radical (unpaired) electrons. The predicted molar refractivity (Wildman–Crippen MR) is 72.7 cm³/mol. The van der Waals surface area contributed by atoms with Crippen LogP contribution in [0.3, 0.4) is 0 Å². The Kier molecular flexibility index (Phi) is 5.73. The first kappa shape index (κ1) is 14.6. The number of hydrogen-bond acceptors (Lipinski definition) is 5. The zero-order chi connectivity index (χ0) is 13.5. The van der Waals surface area contributed by atoms with Gasteiger partial charge in [0, 0.05) is 23.3 Å². The van der Waals surface area contributed by atoms with Crippen LogP contribution in [0.25, 0.3) is 0 Å². The van der Waals surface area contributed by atoms with Crippen LogP contribution in [0, 0.1) is 10.1 Å². The van der Waals surface area contributed by atoms with Crippen LogP contribution in [-0.2, 0) is 4.74 Å². The Labute approximate surface area is 113 Å². The fourth-order valence-corrected chi connectivity index (χ4v) is 1.51. The number of nitrogens with one attached hydrogen (secondary N) is 1. The average Bonchev–Trinajstić information content (AvgIpc) is 2.29. The first-order valence-corrected chi connectivity index (χ1v) is 6.06. The highest BCUT2D eigenvalue weighted by Gasteiger charge is 2.15. The Hall–Kier alpha value is -1.47. The zero-order valence-corrected chi connectivity index (χ0v) is 11.6. The molecule has 0 amide bonds. The van der Waals surface area contributed by atoms with E-state index < -0.39 is 4.92 Å². The molecule has 0 fully saturated rings. The van der Waals surface area contributed by atoms with Gasteiger partial charge in [-0.2, -0.15) is 0 Å². The maximum atomic E-state index is 10.8. The maximum absolute atomic E-state index is 10.8. The summed E-state index contributed by atoms with van der Waals surface area (Å²) in [5.74, 6) is 0.238. The van der Waals surface area contributed by atoms with Crippen molar-refractivity contribution in [2.45, 2.75) is 6.92 Å². The number of nitro groups is 1. The molecule has 6 nitrogen and oxygen atoms in total. The molecule has 7 heteroatoms. The summed E-state index contributed by atoms with van der Waals surface area (Å²) in [6.07, 6.45) is 1.50. The summed E-state index contributed by atoms with van der Waals surface area (Å²) in [5, 5.41) is 13.7. The SMILES string of the molecule is C=C(C)COCCNc1ncc(Br)cc1[N+](=O)[O-]. The van der Waals surface area contributed by atoms with Gasteiger partial charge in [-0.1, -0.05) is 12.2 Å².